The number of amides is 1. The average molecular weight is 586 g/mol. The summed E-state index contributed by atoms with van der Waals surface area (Å²) in [6, 6.07) is 2.37. The van der Waals surface area contributed by atoms with Gasteiger partial charge in [-0.2, -0.15) is 18.3 Å². The number of thiophene rings is 1. The van der Waals surface area contributed by atoms with Crippen molar-refractivity contribution >= 4 is 60.6 Å². The molecular formula is C18H11Br2F5N4OS. The first-order chi connectivity index (χ1) is 14.6. The number of carbonyl (C=O) groups is 1. The van der Waals surface area contributed by atoms with Crippen LogP contribution in [0.2, 0.25) is 0 Å². The Labute approximate surface area is 192 Å². The molecule has 31 heavy (non-hydrogen) atoms. The molecule has 0 bridgehead atoms. The summed E-state index contributed by atoms with van der Waals surface area (Å²) in [5, 5.41) is 10.8. The Kier molecular flexibility index (Phi) is 5.85. The zero-order chi connectivity index (χ0) is 22.5. The summed E-state index contributed by atoms with van der Waals surface area (Å²) in [5.74, 6) is -2.90. The van der Waals surface area contributed by atoms with E-state index in [4.69, 9.17) is 0 Å². The SMILES string of the molecule is O=C(Nc1c(F)cc(F)cc1Br)c1nn2c(c1Br)N[C@H](c1cccs1)C[C@H]2C(F)(F)F. The standard InChI is InChI=1S/C18H11Br2F5N4OS/c19-8-4-7(21)5-9(22)14(8)27-17(30)15-13(20)16-26-10(11-2-1-3-31-11)6-12(18(23,24)25)29(16)28-15/h1-5,10,12,26H,6H2,(H,27,30)/t10-,12-/m0/s1. The molecule has 3 aromatic rings. The van der Waals surface area contributed by atoms with E-state index in [9.17, 15) is 26.7 Å². The number of nitrogens with one attached hydrogen (secondary N) is 2. The predicted octanol–water partition coefficient (Wildman–Crippen LogP) is 6.66. The maximum Gasteiger partial charge on any atom is 0.410 e. The highest BCUT2D eigenvalue weighted by atomic mass is 79.9. The largest absolute Gasteiger partial charge is 0.410 e. The zero-order valence-electron chi connectivity index (χ0n) is 15.1. The summed E-state index contributed by atoms with van der Waals surface area (Å²) >= 11 is 7.41. The number of halogens is 7. The smallest absolute Gasteiger partial charge is 0.362 e. The van der Waals surface area contributed by atoms with Crippen molar-refractivity contribution in [2.24, 2.45) is 0 Å². The summed E-state index contributed by atoms with van der Waals surface area (Å²) < 4.78 is 69.3. The van der Waals surface area contributed by atoms with Crippen LogP contribution < -0.4 is 10.6 Å². The topological polar surface area (TPSA) is 59.0 Å². The fourth-order valence-corrected chi connectivity index (χ4v) is 5.10. The number of carbonyl (C=O) groups excluding carboxylic acids is 1. The van der Waals surface area contributed by atoms with Crippen molar-refractivity contribution in [1.82, 2.24) is 9.78 Å². The van der Waals surface area contributed by atoms with Crippen LogP contribution in [0.25, 0.3) is 0 Å². The molecule has 1 aromatic carbocycles. The summed E-state index contributed by atoms with van der Waals surface area (Å²) in [5.41, 5.74) is -0.736. The molecule has 0 radical (unpaired) electrons. The number of fused-ring (bicyclic) bond motifs is 1. The predicted molar refractivity (Wildman–Crippen MR) is 112 cm³/mol. The normalized spacial score (nSPS) is 18.4. The second kappa shape index (κ2) is 8.17. The first kappa shape index (κ1) is 22.2. The number of hydrogen-bond donors (Lipinski definition) is 2. The Balaban J connectivity index is 1.72. The van der Waals surface area contributed by atoms with Crippen LogP contribution in [0.5, 0.6) is 0 Å². The highest BCUT2D eigenvalue weighted by Crippen LogP contribution is 2.47. The van der Waals surface area contributed by atoms with Crippen molar-refractivity contribution in [3.05, 3.63) is 60.8 Å². The lowest BCUT2D eigenvalue weighted by molar-refractivity contribution is -0.173. The Morgan fingerprint density at radius 3 is 2.65 bits per heavy atom. The number of benzene rings is 1. The number of hydrogen-bond acceptors (Lipinski definition) is 4. The molecule has 0 aliphatic carbocycles. The van der Waals surface area contributed by atoms with E-state index >= 15 is 0 Å². The fourth-order valence-electron chi connectivity index (χ4n) is 3.25. The maximum atomic E-state index is 14.1. The Morgan fingerprint density at radius 2 is 2.03 bits per heavy atom. The molecule has 4 rings (SSSR count). The third kappa shape index (κ3) is 4.22. The van der Waals surface area contributed by atoms with Gasteiger partial charge in [-0.15, -0.1) is 11.3 Å². The molecule has 0 spiro atoms. The number of alkyl halides is 3. The van der Waals surface area contributed by atoms with E-state index in [2.05, 4.69) is 47.6 Å². The molecule has 13 heteroatoms. The summed E-state index contributed by atoms with van der Waals surface area (Å²) in [7, 11) is 0. The van der Waals surface area contributed by atoms with Crippen LogP contribution in [0.1, 0.15) is 33.9 Å². The zero-order valence-corrected chi connectivity index (χ0v) is 19.1. The first-order valence-corrected chi connectivity index (χ1v) is 11.1. The molecule has 2 aromatic heterocycles. The second-order valence-electron chi connectivity index (χ2n) is 6.66. The molecule has 1 aliphatic rings. The van der Waals surface area contributed by atoms with Gasteiger partial charge < -0.3 is 10.6 Å². The van der Waals surface area contributed by atoms with Crippen LogP contribution in [-0.4, -0.2) is 21.9 Å². The summed E-state index contributed by atoms with van der Waals surface area (Å²) in [6.07, 6.45) is -4.93. The van der Waals surface area contributed by atoms with Crippen molar-refractivity contribution in [2.45, 2.75) is 24.7 Å². The first-order valence-electron chi connectivity index (χ1n) is 8.66. The van der Waals surface area contributed by atoms with Crippen LogP contribution in [0, 0.1) is 11.6 Å². The molecule has 5 nitrogen and oxygen atoms in total. The monoisotopic (exact) mass is 584 g/mol. The highest BCUT2D eigenvalue weighted by Gasteiger charge is 2.48. The fraction of sp³-hybridized carbons (Fsp3) is 0.222. The lowest BCUT2D eigenvalue weighted by atomic mass is 10.0. The molecule has 2 atom stereocenters. The minimum absolute atomic E-state index is 0.000789. The van der Waals surface area contributed by atoms with E-state index in [1.807, 2.05) is 0 Å². The van der Waals surface area contributed by atoms with E-state index in [1.165, 1.54) is 11.3 Å². The van der Waals surface area contributed by atoms with Crippen molar-refractivity contribution in [3.63, 3.8) is 0 Å². The molecule has 0 fully saturated rings. The lowest BCUT2D eigenvalue weighted by Crippen LogP contribution is -2.35. The van der Waals surface area contributed by atoms with Gasteiger partial charge in [0.1, 0.15) is 11.6 Å². The molecule has 1 aliphatic heterocycles. The van der Waals surface area contributed by atoms with Crippen molar-refractivity contribution in [1.29, 1.82) is 0 Å². The minimum atomic E-state index is -4.61. The average Bonchev–Trinajstić information content (AvgIpc) is 3.31. The summed E-state index contributed by atoms with van der Waals surface area (Å²) in [4.78, 5) is 13.4. The third-order valence-electron chi connectivity index (χ3n) is 4.64. The Hall–Kier alpha value is -1.99. The minimum Gasteiger partial charge on any atom is -0.362 e. The molecule has 0 unspecified atom stereocenters. The van der Waals surface area contributed by atoms with E-state index in [0.29, 0.717) is 15.6 Å². The molecule has 2 N–H and O–H groups in total. The number of anilines is 2. The van der Waals surface area contributed by atoms with Crippen LogP contribution in [-0.2, 0) is 0 Å². The molecule has 0 saturated carbocycles. The van der Waals surface area contributed by atoms with Crippen LogP contribution in [0.4, 0.5) is 33.5 Å². The van der Waals surface area contributed by atoms with Crippen molar-refractivity contribution < 1.29 is 26.7 Å². The Bertz CT molecular complexity index is 1130. The molecule has 0 saturated heterocycles. The van der Waals surface area contributed by atoms with E-state index < -0.39 is 35.8 Å². The van der Waals surface area contributed by atoms with Crippen LogP contribution >= 0.6 is 43.2 Å². The van der Waals surface area contributed by atoms with E-state index in [-0.39, 0.29) is 32.6 Å². The van der Waals surface area contributed by atoms with Crippen molar-refractivity contribution in [3.8, 4) is 0 Å². The maximum absolute atomic E-state index is 14.1. The van der Waals surface area contributed by atoms with Gasteiger partial charge in [-0.3, -0.25) is 4.79 Å². The molecule has 1 amide bonds. The molecule has 3 heterocycles. The van der Waals surface area contributed by atoms with Gasteiger partial charge >= 0.3 is 6.18 Å². The van der Waals surface area contributed by atoms with Crippen LogP contribution in [0.3, 0.4) is 0 Å². The van der Waals surface area contributed by atoms with Gasteiger partial charge in [0, 0.05) is 21.8 Å². The van der Waals surface area contributed by atoms with Gasteiger partial charge in [0.15, 0.2) is 17.6 Å². The summed E-state index contributed by atoms with van der Waals surface area (Å²) in [6.45, 7) is 0. The van der Waals surface area contributed by atoms with Crippen LogP contribution in [0.15, 0.2) is 38.6 Å². The Morgan fingerprint density at radius 1 is 1.29 bits per heavy atom. The van der Waals surface area contributed by atoms with Gasteiger partial charge in [-0.05, 0) is 49.4 Å². The molecule has 164 valence electrons. The second-order valence-corrected chi connectivity index (χ2v) is 9.29. The van der Waals surface area contributed by atoms with Crippen molar-refractivity contribution in [2.75, 3.05) is 10.6 Å². The number of rotatable bonds is 3. The highest BCUT2D eigenvalue weighted by molar-refractivity contribution is 9.11. The van der Waals surface area contributed by atoms with Gasteiger partial charge in [-0.25, -0.2) is 13.5 Å². The third-order valence-corrected chi connectivity index (χ3v) is 7.01. The van der Waals surface area contributed by atoms with Gasteiger partial charge in [0.05, 0.1) is 16.2 Å². The quantitative estimate of drug-likeness (QED) is 0.338. The van der Waals surface area contributed by atoms with E-state index in [0.717, 1.165) is 6.07 Å². The lowest BCUT2D eigenvalue weighted by Gasteiger charge is -2.33. The number of aromatic nitrogens is 2. The number of nitrogens with zero attached hydrogens (tertiary/aromatic N) is 2. The van der Waals surface area contributed by atoms with Gasteiger partial charge in [0.2, 0.25) is 0 Å². The molecular weight excluding hydrogens is 575 g/mol. The van der Waals surface area contributed by atoms with E-state index in [1.54, 1.807) is 17.5 Å². The van der Waals surface area contributed by atoms with Gasteiger partial charge in [0.25, 0.3) is 5.91 Å². The van der Waals surface area contributed by atoms with Gasteiger partial charge in [-0.1, -0.05) is 6.07 Å².